The normalized spacial score (nSPS) is 22.2. The van der Waals surface area contributed by atoms with Gasteiger partial charge in [-0.05, 0) is 6.42 Å². The van der Waals surface area contributed by atoms with Gasteiger partial charge in [-0.15, -0.1) is 0 Å². The van der Waals surface area contributed by atoms with Crippen molar-refractivity contribution < 1.29 is 0 Å². The van der Waals surface area contributed by atoms with Crippen molar-refractivity contribution in [3.63, 3.8) is 0 Å². The molecule has 1 rings (SSSR count). The fourth-order valence-corrected chi connectivity index (χ4v) is 0.976. The van der Waals surface area contributed by atoms with E-state index in [4.69, 9.17) is 0 Å². The van der Waals surface area contributed by atoms with Crippen LogP contribution in [-0.2, 0) is 0 Å². The van der Waals surface area contributed by atoms with Gasteiger partial charge in [0, 0.05) is 26.8 Å². The topological polar surface area (TPSA) is 18.5 Å². The molecule has 62 valence electrons. The first-order valence-electron chi connectivity index (χ1n) is 3.77. The van der Waals surface area contributed by atoms with Gasteiger partial charge in [0.15, 0.2) is 0 Å². The minimum Gasteiger partial charge on any atom is -0.360 e. The molecule has 0 fully saturated rings. The van der Waals surface area contributed by atoms with Crippen molar-refractivity contribution in [3.05, 3.63) is 24.7 Å². The van der Waals surface area contributed by atoms with Gasteiger partial charge in [-0.3, -0.25) is 5.01 Å². The summed E-state index contributed by atoms with van der Waals surface area (Å²) in [5.74, 6) is 0.995. The summed E-state index contributed by atoms with van der Waals surface area (Å²) in [5, 5.41) is 1.90. The Kier molecular flexibility index (Phi) is 2.41. The zero-order valence-electron chi connectivity index (χ0n) is 7.17. The second-order valence-corrected chi connectivity index (χ2v) is 2.72. The highest BCUT2D eigenvalue weighted by molar-refractivity contribution is 4.94. The number of nitrogens with zero attached hydrogens (tertiary/aromatic N) is 2. The van der Waals surface area contributed by atoms with Crippen LogP contribution in [0.5, 0.6) is 0 Å². The predicted octanol–water partition coefficient (Wildman–Crippen LogP) is 0.743. The molecule has 0 saturated heterocycles. The highest BCUT2D eigenvalue weighted by Gasteiger charge is 2.06. The molecule has 0 atom stereocenters. The largest absolute Gasteiger partial charge is 0.360 e. The van der Waals surface area contributed by atoms with E-state index in [0.29, 0.717) is 0 Å². The molecule has 0 aliphatic carbocycles. The fourth-order valence-electron chi connectivity index (χ4n) is 0.976. The molecule has 3 nitrogen and oxygen atoms in total. The number of hydrogen-bond donors (Lipinski definition) is 1. The Bertz CT molecular complexity index is 174. The monoisotopic (exact) mass is 153 g/mol. The summed E-state index contributed by atoms with van der Waals surface area (Å²) in [7, 11) is 3.99. The van der Waals surface area contributed by atoms with Crippen LogP contribution < -0.4 is 5.43 Å². The first kappa shape index (κ1) is 7.98. The molecule has 0 aromatic rings. The van der Waals surface area contributed by atoms with Crippen molar-refractivity contribution in [1.29, 1.82) is 0 Å². The lowest BCUT2D eigenvalue weighted by atomic mass is 10.4. The quantitative estimate of drug-likeness (QED) is 0.554. The molecule has 0 radical (unpaired) electrons. The van der Waals surface area contributed by atoms with Crippen molar-refractivity contribution in [2.45, 2.75) is 6.42 Å². The maximum absolute atomic E-state index is 3.93. The zero-order chi connectivity index (χ0) is 8.27. The van der Waals surface area contributed by atoms with Crippen LogP contribution in [0.15, 0.2) is 24.7 Å². The van der Waals surface area contributed by atoms with Gasteiger partial charge in [0.1, 0.15) is 5.82 Å². The Labute approximate surface area is 67.9 Å². The summed E-state index contributed by atoms with van der Waals surface area (Å²) in [5.41, 5.74) is 3.08. The van der Waals surface area contributed by atoms with Crippen LogP contribution in [0.25, 0.3) is 0 Å². The van der Waals surface area contributed by atoms with Crippen LogP contribution in [0, 0.1) is 0 Å². The lowest BCUT2D eigenvalue weighted by Gasteiger charge is -2.30. The smallest absolute Gasteiger partial charge is 0.115 e. The van der Waals surface area contributed by atoms with Gasteiger partial charge in [-0.2, -0.15) is 0 Å². The Morgan fingerprint density at radius 3 is 3.00 bits per heavy atom. The fraction of sp³-hybridized carbons (Fsp3) is 0.500. The number of rotatable bonds is 0. The van der Waals surface area contributed by atoms with E-state index < -0.39 is 0 Å². The molecular weight excluding hydrogens is 138 g/mol. The van der Waals surface area contributed by atoms with Crippen molar-refractivity contribution in [3.8, 4) is 0 Å². The maximum atomic E-state index is 3.93. The third-order valence-corrected chi connectivity index (χ3v) is 1.85. The first-order valence-corrected chi connectivity index (χ1v) is 3.77. The van der Waals surface area contributed by atoms with Gasteiger partial charge in [-0.1, -0.05) is 12.7 Å². The van der Waals surface area contributed by atoms with E-state index in [9.17, 15) is 0 Å². The number of hydrazine groups is 1. The van der Waals surface area contributed by atoms with E-state index in [2.05, 4.69) is 23.0 Å². The van der Waals surface area contributed by atoms with Crippen molar-refractivity contribution in [1.82, 2.24) is 15.3 Å². The SMILES string of the molecule is C=C1N(C)CC/C=C\NN1C. The number of nitrogens with one attached hydrogen (secondary N) is 1. The Morgan fingerprint density at radius 1 is 1.55 bits per heavy atom. The van der Waals surface area contributed by atoms with E-state index in [-0.39, 0.29) is 0 Å². The predicted molar refractivity (Wildman–Crippen MR) is 46.4 cm³/mol. The highest BCUT2D eigenvalue weighted by atomic mass is 15.5. The second-order valence-electron chi connectivity index (χ2n) is 2.72. The molecule has 0 bridgehead atoms. The summed E-state index contributed by atoms with van der Waals surface area (Å²) < 4.78 is 0. The molecule has 0 amide bonds. The van der Waals surface area contributed by atoms with Crippen LogP contribution >= 0.6 is 0 Å². The molecule has 1 aliphatic rings. The molecule has 1 N–H and O–H groups in total. The van der Waals surface area contributed by atoms with Gasteiger partial charge in [0.05, 0.1) is 0 Å². The summed E-state index contributed by atoms with van der Waals surface area (Å²) in [6, 6.07) is 0. The van der Waals surface area contributed by atoms with E-state index >= 15 is 0 Å². The van der Waals surface area contributed by atoms with Crippen molar-refractivity contribution in [2.24, 2.45) is 0 Å². The highest BCUT2D eigenvalue weighted by Crippen LogP contribution is 2.04. The molecule has 11 heavy (non-hydrogen) atoms. The molecular formula is C8H15N3. The van der Waals surface area contributed by atoms with Crippen LogP contribution in [-0.4, -0.2) is 30.5 Å². The lowest BCUT2D eigenvalue weighted by molar-refractivity contribution is 0.231. The lowest BCUT2D eigenvalue weighted by Crippen LogP contribution is -2.38. The van der Waals surface area contributed by atoms with Gasteiger partial charge < -0.3 is 10.3 Å². The van der Waals surface area contributed by atoms with Gasteiger partial charge in [-0.25, -0.2) is 0 Å². The minimum atomic E-state index is 0.995. The summed E-state index contributed by atoms with van der Waals surface area (Å²) in [6.45, 7) is 4.96. The molecule has 0 spiro atoms. The summed E-state index contributed by atoms with van der Waals surface area (Å²) in [6.07, 6.45) is 5.12. The third kappa shape index (κ3) is 1.90. The maximum Gasteiger partial charge on any atom is 0.115 e. The molecule has 0 unspecified atom stereocenters. The third-order valence-electron chi connectivity index (χ3n) is 1.85. The van der Waals surface area contributed by atoms with E-state index in [0.717, 1.165) is 18.8 Å². The average molecular weight is 153 g/mol. The minimum absolute atomic E-state index is 0.995. The van der Waals surface area contributed by atoms with E-state index in [1.54, 1.807) is 0 Å². The zero-order valence-corrected chi connectivity index (χ0v) is 7.17. The second kappa shape index (κ2) is 3.32. The Balaban J connectivity index is 2.62. The van der Waals surface area contributed by atoms with Crippen LogP contribution in [0.2, 0.25) is 0 Å². The van der Waals surface area contributed by atoms with Crippen LogP contribution in [0.4, 0.5) is 0 Å². The van der Waals surface area contributed by atoms with Gasteiger partial charge in [0.2, 0.25) is 0 Å². The molecule has 0 saturated carbocycles. The molecule has 0 aromatic carbocycles. The summed E-state index contributed by atoms with van der Waals surface area (Å²) in [4.78, 5) is 2.12. The molecule has 1 heterocycles. The molecule has 0 aromatic heterocycles. The van der Waals surface area contributed by atoms with Gasteiger partial charge in [0.25, 0.3) is 0 Å². The number of hydrogen-bond acceptors (Lipinski definition) is 3. The van der Waals surface area contributed by atoms with Crippen molar-refractivity contribution in [2.75, 3.05) is 20.6 Å². The van der Waals surface area contributed by atoms with Gasteiger partial charge >= 0.3 is 0 Å². The van der Waals surface area contributed by atoms with E-state index in [1.165, 1.54) is 0 Å². The first-order chi connectivity index (χ1) is 5.22. The Morgan fingerprint density at radius 2 is 2.27 bits per heavy atom. The van der Waals surface area contributed by atoms with Crippen LogP contribution in [0.3, 0.4) is 0 Å². The summed E-state index contributed by atoms with van der Waals surface area (Å²) >= 11 is 0. The standard InChI is InChI=1S/C8H15N3/c1-8-10(2)7-5-4-6-9-11(8)3/h4,6,9H,1,5,7H2,2-3H3/b6-4-. The Hall–Kier alpha value is -1.12. The van der Waals surface area contributed by atoms with Crippen LogP contribution in [0.1, 0.15) is 6.42 Å². The van der Waals surface area contributed by atoms with E-state index in [1.807, 2.05) is 25.3 Å². The average Bonchev–Trinajstić information content (AvgIpc) is 2.00. The van der Waals surface area contributed by atoms with Crippen molar-refractivity contribution >= 4 is 0 Å². The molecule has 3 heteroatoms. The molecule has 1 aliphatic heterocycles.